The number of aromatic nitrogens is 2. The van der Waals surface area contributed by atoms with Gasteiger partial charge in [0.25, 0.3) is 5.91 Å². The Morgan fingerprint density at radius 1 is 1.50 bits per heavy atom. The number of carbonyl (C=O) groups is 1. The Kier molecular flexibility index (Phi) is 4.34. The summed E-state index contributed by atoms with van der Waals surface area (Å²) in [5.41, 5.74) is 5.44. The molecule has 0 aromatic carbocycles. The molecule has 0 aliphatic rings. The van der Waals surface area contributed by atoms with Crippen LogP contribution in [0, 0.1) is 0 Å². The Balaban J connectivity index is 2.49. The summed E-state index contributed by atoms with van der Waals surface area (Å²) in [6.07, 6.45) is 1.75. The van der Waals surface area contributed by atoms with Crippen molar-refractivity contribution in [3.8, 4) is 0 Å². The maximum absolute atomic E-state index is 10.9. The SMILES string of the molecule is CC(C)(C)[Si](C)(C)OCCn1ccc(C(N)=O)n1. The molecule has 6 heteroatoms. The lowest BCUT2D eigenvalue weighted by atomic mass is 10.2. The smallest absolute Gasteiger partial charge is 0.269 e. The van der Waals surface area contributed by atoms with Crippen LogP contribution in [0.4, 0.5) is 0 Å². The highest BCUT2D eigenvalue weighted by atomic mass is 28.4. The molecule has 0 aliphatic heterocycles. The zero-order valence-electron chi connectivity index (χ0n) is 11.9. The number of nitrogens with two attached hydrogens (primary N) is 1. The van der Waals surface area contributed by atoms with E-state index in [4.69, 9.17) is 10.2 Å². The lowest BCUT2D eigenvalue weighted by Gasteiger charge is -2.36. The number of primary amides is 1. The monoisotopic (exact) mass is 269 g/mol. The fourth-order valence-electron chi connectivity index (χ4n) is 1.23. The van der Waals surface area contributed by atoms with Crippen LogP contribution in [0.15, 0.2) is 12.3 Å². The molecule has 1 amide bonds. The van der Waals surface area contributed by atoms with E-state index in [2.05, 4.69) is 39.0 Å². The van der Waals surface area contributed by atoms with Crippen LogP contribution in [-0.2, 0) is 11.0 Å². The second-order valence-corrected chi connectivity index (χ2v) is 10.7. The van der Waals surface area contributed by atoms with Gasteiger partial charge in [-0.25, -0.2) is 0 Å². The number of amides is 1. The van der Waals surface area contributed by atoms with Gasteiger partial charge in [0, 0.05) is 6.20 Å². The van der Waals surface area contributed by atoms with Crippen LogP contribution in [0.5, 0.6) is 0 Å². The van der Waals surface area contributed by atoms with E-state index >= 15 is 0 Å². The molecule has 1 rings (SSSR count). The minimum absolute atomic E-state index is 0.204. The lowest BCUT2D eigenvalue weighted by molar-refractivity contribution is 0.0994. The zero-order chi connectivity index (χ0) is 14.0. The summed E-state index contributed by atoms with van der Waals surface area (Å²) < 4.78 is 7.72. The first-order chi connectivity index (χ1) is 8.13. The van der Waals surface area contributed by atoms with Gasteiger partial charge in [-0.15, -0.1) is 0 Å². The second-order valence-electron chi connectivity index (χ2n) is 5.94. The molecule has 102 valence electrons. The van der Waals surface area contributed by atoms with Gasteiger partial charge in [0.15, 0.2) is 8.32 Å². The number of nitrogens with zero attached hydrogens (tertiary/aromatic N) is 2. The predicted octanol–water partition coefficient (Wildman–Crippen LogP) is 2.00. The van der Waals surface area contributed by atoms with Gasteiger partial charge < -0.3 is 10.2 Å². The molecule has 1 aromatic rings. The van der Waals surface area contributed by atoms with Crippen LogP contribution in [0.25, 0.3) is 0 Å². The van der Waals surface area contributed by atoms with E-state index in [-0.39, 0.29) is 5.04 Å². The van der Waals surface area contributed by atoms with Gasteiger partial charge in [0.2, 0.25) is 0 Å². The molecule has 0 saturated heterocycles. The van der Waals surface area contributed by atoms with Crippen molar-refractivity contribution in [2.45, 2.75) is 45.4 Å². The summed E-state index contributed by atoms with van der Waals surface area (Å²) in [4.78, 5) is 10.9. The van der Waals surface area contributed by atoms with Crippen LogP contribution in [0.2, 0.25) is 18.1 Å². The summed E-state index contributed by atoms with van der Waals surface area (Å²) in [5, 5.41) is 4.27. The van der Waals surface area contributed by atoms with Crippen molar-refractivity contribution >= 4 is 14.2 Å². The predicted molar refractivity (Wildman–Crippen MR) is 73.9 cm³/mol. The molecule has 0 spiro atoms. The Morgan fingerprint density at radius 3 is 2.56 bits per heavy atom. The molecular formula is C12H23N3O2Si. The molecule has 1 heterocycles. The van der Waals surface area contributed by atoms with Crippen molar-refractivity contribution in [1.29, 1.82) is 0 Å². The molecule has 0 atom stereocenters. The topological polar surface area (TPSA) is 70.1 Å². The van der Waals surface area contributed by atoms with Crippen LogP contribution in [-0.4, -0.2) is 30.6 Å². The molecule has 1 aromatic heterocycles. The van der Waals surface area contributed by atoms with Crippen molar-refractivity contribution in [1.82, 2.24) is 9.78 Å². The van der Waals surface area contributed by atoms with E-state index in [1.807, 2.05) is 0 Å². The molecule has 0 saturated carbocycles. The van der Waals surface area contributed by atoms with E-state index in [0.717, 1.165) is 0 Å². The van der Waals surface area contributed by atoms with E-state index in [0.29, 0.717) is 18.8 Å². The molecule has 0 aliphatic carbocycles. The van der Waals surface area contributed by atoms with Gasteiger partial charge in [-0.3, -0.25) is 9.48 Å². The van der Waals surface area contributed by atoms with Crippen LogP contribution < -0.4 is 5.73 Å². The summed E-state index contributed by atoms with van der Waals surface area (Å²) in [7, 11) is -1.71. The highest BCUT2D eigenvalue weighted by Crippen LogP contribution is 2.36. The first-order valence-electron chi connectivity index (χ1n) is 6.11. The van der Waals surface area contributed by atoms with Crippen molar-refractivity contribution < 1.29 is 9.22 Å². The third kappa shape index (κ3) is 3.68. The quantitative estimate of drug-likeness (QED) is 0.831. The van der Waals surface area contributed by atoms with Crippen molar-refractivity contribution in [3.05, 3.63) is 18.0 Å². The van der Waals surface area contributed by atoms with Gasteiger partial charge in [-0.05, 0) is 24.2 Å². The Hall–Kier alpha value is -1.14. The van der Waals surface area contributed by atoms with Crippen LogP contribution in [0.3, 0.4) is 0 Å². The molecule has 5 nitrogen and oxygen atoms in total. The molecule has 0 radical (unpaired) electrons. The van der Waals surface area contributed by atoms with Crippen LogP contribution in [0.1, 0.15) is 31.3 Å². The first kappa shape index (κ1) is 14.9. The van der Waals surface area contributed by atoms with Gasteiger partial charge in [-0.1, -0.05) is 20.8 Å². The fourth-order valence-corrected chi connectivity index (χ4v) is 2.26. The minimum Gasteiger partial charge on any atom is -0.415 e. The summed E-state index contributed by atoms with van der Waals surface area (Å²) >= 11 is 0. The first-order valence-corrected chi connectivity index (χ1v) is 9.01. The summed E-state index contributed by atoms with van der Waals surface area (Å²) in [6, 6.07) is 1.62. The van der Waals surface area contributed by atoms with E-state index in [1.165, 1.54) is 0 Å². The number of carbonyl (C=O) groups excluding carboxylic acids is 1. The minimum atomic E-state index is -1.71. The summed E-state index contributed by atoms with van der Waals surface area (Å²) in [6.45, 7) is 12.3. The van der Waals surface area contributed by atoms with Gasteiger partial charge in [0.1, 0.15) is 5.69 Å². The van der Waals surface area contributed by atoms with E-state index in [9.17, 15) is 4.79 Å². The van der Waals surface area contributed by atoms with Gasteiger partial charge in [-0.2, -0.15) is 5.10 Å². The molecule has 0 unspecified atom stereocenters. The maximum Gasteiger partial charge on any atom is 0.269 e. The molecular weight excluding hydrogens is 246 g/mol. The average molecular weight is 269 g/mol. The van der Waals surface area contributed by atoms with Crippen molar-refractivity contribution in [2.75, 3.05) is 6.61 Å². The highest BCUT2D eigenvalue weighted by Gasteiger charge is 2.36. The van der Waals surface area contributed by atoms with Gasteiger partial charge >= 0.3 is 0 Å². The number of hydrogen-bond acceptors (Lipinski definition) is 3. The number of rotatable bonds is 5. The number of hydrogen-bond donors (Lipinski definition) is 1. The van der Waals surface area contributed by atoms with Crippen LogP contribution >= 0.6 is 0 Å². The molecule has 0 fully saturated rings. The second kappa shape index (κ2) is 5.24. The Morgan fingerprint density at radius 2 is 2.11 bits per heavy atom. The van der Waals surface area contributed by atoms with Gasteiger partial charge in [0.05, 0.1) is 13.2 Å². The van der Waals surface area contributed by atoms with Crippen molar-refractivity contribution in [3.63, 3.8) is 0 Å². The zero-order valence-corrected chi connectivity index (χ0v) is 12.9. The van der Waals surface area contributed by atoms with Crippen molar-refractivity contribution in [2.24, 2.45) is 5.73 Å². The summed E-state index contributed by atoms with van der Waals surface area (Å²) in [5.74, 6) is -0.501. The average Bonchev–Trinajstić information content (AvgIpc) is 2.64. The highest BCUT2D eigenvalue weighted by molar-refractivity contribution is 6.74. The van der Waals surface area contributed by atoms with E-state index in [1.54, 1.807) is 16.9 Å². The molecule has 18 heavy (non-hydrogen) atoms. The largest absolute Gasteiger partial charge is 0.415 e. The standard InChI is InChI=1S/C12H23N3O2Si/c1-12(2,3)18(4,5)17-9-8-15-7-6-10(14-15)11(13)16/h6-7H,8-9H2,1-5H3,(H2,13,16). The normalized spacial score (nSPS) is 12.7. The molecule has 2 N–H and O–H groups in total. The third-order valence-electron chi connectivity index (χ3n) is 3.48. The Bertz CT molecular complexity index is 421. The molecule has 0 bridgehead atoms. The fraction of sp³-hybridized carbons (Fsp3) is 0.667. The lowest BCUT2D eigenvalue weighted by Crippen LogP contribution is -2.41. The Labute approximate surface area is 109 Å². The van der Waals surface area contributed by atoms with E-state index < -0.39 is 14.2 Å². The maximum atomic E-state index is 10.9. The third-order valence-corrected chi connectivity index (χ3v) is 8.02.